The number of likely N-dealkylation sites (tertiary alicyclic amines) is 1. The lowest BCUT2D eigenvalue weighted by Crippen LogP contribution is -2.30. The van der Waals surface area contributed by atoms with E-state index in [1.54, 1.807) is 0 Å². The van der Waals surface area contributed by atoms with Crippen LogP contribution in [0.4, 0.5) is 4.79 Å². The van der Waals surface area contributed by atoms with Gasteiger partial charge < -0.3 is 9.64 Å². The van der Waals surface area contributed by atoms with E-state index in [-0.39, 0.29) is 18.3 Å². The number of hydrogen-bond acceptors (Lipinski definition) is 4. The van der Waals surface area contributed by atoms with Crippen molar-refractivity contribution in [3.05, 3.63) is 35.9 Å². The van der Waals surface area contributed by atoms with E-state index >= 15 is 0 Å². The van der Waals surface area contributed by atoms with Crippen LogP contribution in [0.25, 0.3) is 0 Å². The van der Waals surface area contributed by atoms with E-state index in [9.17, 15) is 13.2 Å². The van der Waals surface area contributed by atoms with Crippen LogP contribution in [0.3, 0.4) is 0 Å². The van der Waals surface area contributed by atoms with Crippen LogP contribution in [0, 0.1) is 5.92 Å². The summed E-state index contributed by atoms with van der Waals surface area (Å²) in [4.78, 5) is 13.4. The maximum atomic E-state index is 11.9. The largest absolute Gasteiger partial charge is 0.445 e. The highest BCUT2D eigenvalue weighted by atomic mass is 35.7. The normalized spacial score (nSPS) is 19.1. The Balaban J connectivity index is 1.80. The first-order chi connectivity index (χ1) is 9.44. The lowest BCUT2D eigenvalue weighted by Gasteiger charge is -2.16. The molecule has 20 heavy (non-hydrogen) atoms. The van der Waals surface area contributed by atoms with Crippen molar-refractivity contribution in [2.24, 2.45) is 5.92 Å². The van der Waals surface area contributed by atoms with Crippen LogP contribution in [-0.4, -0.2) is 38.3 Å². The number of benzene rings is 1. The molecule has 0 N–H and O–H groups in total. The Hall–Kier alpha value is -1.27. The standard InChI is InChI=1S/C13H16ClNO4S/c14-20(17,18)10-12-6-7-15(8-12)13(16)19-9-11-4-2-1-3-5-11/h1-5,12H,6-10H2/t12-/m0/s1. The monoisotopic (exact) mass is 317 g/mol. The highest BCUT2D eigenvalue weighted by Crippen LogP contribution is 2.20. The SMILES string of the molecule is O=C(OCc1ccccc1)N1CC[C@H](CS(=O)(=O)Cl)C1. The van der Waals surface area contributed by atoms with Crippen molar-refractivity contribution < 1.29 is 17.9 Å². The van der Waals surface area contributed by atoms with Gasteiger partial charge in [-0.2, -0.15) is 0 Å². The summed E-state index contributed by atoms with van der Waals surface area (Å²) in [6.45, 7) is 1.10. The Morgan fingerprint density at radius 1 is 1.35 bits per heavy atom. The number of carbonyl (C=O) groups excluding carboxylic acids is 1. The Labute approximate surface area is 122 Å². The van der Waals surface area contributed by atoms with Gasteiger partial charge in [0.2, 0.25) is 9.05 Å². The van der Waals surface area contributed by atoms with Crippen molar-refractivity contribution in [2.45, 2.75) is 13.0 Å². The Morgan fingerprint density at radius 2 is 2.05 bits per heavy atom. The minimum Gasteiger partial charge on any atom is -0.445 e. The second-order valence-corrected chi connectivity index (χ2v) is 7.67. The molecule has 1 saturated heterocycles. The molecular formula is C13H16ClNO4S. The van der Waals surface area contributed by atoms with Crippen molar-refractivity contribution >= 4 is 25.8 Å². The molecule has 0 saturated carbocycles. The minimum atomic E-state index is -3.52. The molecule has 5 nitrogen and oxygen atoms in total. The first-order valence-corrected chi connectivity index (χ1v) is 8.80. The highest BCUT2D eigenvalue weighted by molar-refractivity contribution is 8.13. The van der Waals surface area contributed by atoms with Crippen LogP contribution in [0.15, 0.2) is 30.3 Å². The van der Waals surface area contributed by atoms with Gasteiger partial charge in [-0.15, -0.1) is 0 Å². The zero-order valence-electron chi connectivity index (χ0n) is 10.9. The maximum absolute atomic E-state index is 11.9. The molecule has 0 unspecified atom stereocenters. The van der Waals surface area contributed by atoms with Crippen LogP contribution >= 0.6 is 10.7 Å². The van der Waals surface area contributed by atoms with E-state index in [4.69, 9.17) is 15.4 Å². The molecule has 110 valence electrons. The van der Waals surface area contributed by atoms with Gasteiger partial charge in [-0.1, -0.05) is 30.3 Å². The molecule has 7 heteroatoms. The van der Waals surface area contributed by atoms with Crippen molar-refractivity contribution in [1.82, 2.24) is 4.90 Å². The molecule has 0 radical (unpaired) electrons. The number of ether oxygens (including phenoxy) is 1. The van der Waals surface area contributed by atoms with Crippen molar-refractivity contribution in [3.63, 3.8) is 0 Å². The zero-order chi connectivity index (χ0) is 14.6. The molecule has 0 aromatic heterocycles. The number of hydrogen-bond donors (Lipinski definition) is 0. The predicted molar refractivity (Wildman–Crippen MR) is 75.9 cm³/mol. The summed E-state index contributed by atoms with van der Waals surface area (Å²) >= 11 is 0. The third kappa shape index (κ3) is 4.68. The van der Waals surface area contributed by atoms with Crippen molar-refractivity contribution in [1.29, 1.82) is 0 Å². The third-order valence-corrected chi connectivity index (χ3v) is 4.43. The molecule has 1 fully saturated rings. The predicted octanol–water partition coefficient (Wildman–Crippen LogP) is 2.21. The zero-order valence-corrected chi connectivity index (χ0v) is 12.4. The molecule has 1 amide bonds. The number of amides is 1. The van der Waals surface area contributed by atoms with E-state index in [2.05, 4.69) is 0 Å². The average molecular weight is 318 g/mol. The second-order valence-electron chi connectivity index (χ2n) is 4.85. The highest BCUT2D eigenvalue weighted by Gasteiger charge is 2.29. The van der Waals surface area contributed by atoms with Crippen molar-refractivity contribution in [3.8, 4) is 0 Å². The molecule has 1 aliphatic heterocycles. The van der Waals surface area contributed by atoms with Gasteiger partial charge in [0.1, 0.15) is 6.61 Å². The summed E-state index contributed by atoms with van der Waals surface area (Å²) < 4.78 is 27.2. The third-order valence-electron chi connectivity index (χ3n) is 3.18. The van der Waals surface area contributed by atoms with Crippen LogP contribution in [0.1, 0.15) is 12.0 Å². The van der Waals surface area contributed by atoms with Crippen LogP contribution in [-0.2, 0) is 20.4 Å². The van der Waals surface area contributed by atoms with E-state index < -0.39 is 15.1 Å². The molecule has 0 bridgehead atoms. The fraction of sp³-hybridized carbons (Fsp3) is 0.462. The van der Waals surface area contributed by atoms with Crippen LogP contribution < -0.4 is 0 Å². The van der Waals surface area contributed by atoms with Gasteiger partial charge in [0, 0.05) is 23.8 Å². The minimum absolute atomic E-state index is 0.100. The topological polar surface area (TPSA) is 63.7 Å². The van der Waals surface area contributed by atoms with Gasteiger partial charge in [-0.05, 0) is 17.9 Å². The Kier molecular flexibility index (Phi) is 4.88. The summed E-state index contributed by atoms with van der Waals surface area (Å²) in [5, 5.41) is 0. The lowest BCUT2D eigenvalue weighted by atomic mass is 10.2. The first kappa shape index (κ1) is 15.1. The van der Waals surface area contributed by atoms with Gasteiger partial charge >= 0.3 is 6.09 Å². The summed E-state index contributed by atoms with van der Waals surface area (Å²) in [5.41, 5.74) is 0.917. The van der Waals surface area contributed by atoms with E-state index in [0.717, 1.165) is 5.56 Å². The number of nitrogens with zero attached hydrogens (tertiary/aromatic N) is 1. The van der Waals surface area contributed by atoms with E-state index in [0.29, 0.717) is 19.5 Å². The molecule has 0 aliphatic carbocycles. The molecule has 1 aliphatic rings. The smallest absolute Gasteiger partial charge is 0.410 e. The Bertz CT molecular complexity index is 561. The average Bonchev–Trinajstić information content (AvgIpc) is 2.83. The number of rotatable bonds is 4. The molecule has 1 heterocycles. The fourth-order valence-electron chi connectivity index (χ4n) is 2.23. The molecule has 0 spiro atoms. The van der Waals surface area contributed by atoms with Gasteiger partial charge in [-0.3, -0.25) is 0 Å². The van der Waals surface area contributed by atoms with E-state index in [1.165, 1.54) is 4.90 Å². The first-order valence-electron chi connectivity index (χ1n) is 6.32. The molecule has 1 aromatic rings. The quantitative estimate of drug-likeness (QED) is 0.799. The second kappa shape index (κ2) is 6.45. The molecule has 1 atom stereocenters. The molecule has 2 rings (SSSR count). The summed E-state index contributed by atoms with van der Waals surface area (Å²) in [5.74, 6) is -0.210. The van der Waals surface area contributed by atoms with Crippen LogP contribution in [0.2, 0.25) is 0 Å². The van der Waals surface area contributed by atoms with Gasteiger partial charge in [-0.25, -0.2) is 13.2 Å². The Morgan fingerprint density at radius 3 is 2.70 bits per heavy atom. The molecule has 1 aromatic carbocycles. The summed E-state index contributed by atoms with van der Waals surface area (Å²) in [6, 6.07) is 9.39. The van der Waals surface area contributed by atoms with Crippen LogP contribution in [0.5, 0.6) is 0 Å². The van der Waals surface area contributed by atoms with Gasteiger partial charge in [0.25, 0.3) is 0 Å². The van der Waals surface area contributed by atoms with E-state index in [1.807, 2.05) is 30.3 Å². The lowest BCUT2D eigenvalue weighted by molar-refractivity contribution is 0.103. The number of halogens is 1. The van der Waals surface area contributed by atoms with Gasteiger partial charge in [0.05, 0.1) is 5.75 Å². The summed E-state index contributed by atoms with van der Waals surface area (Å²) in [6.07, 6.45) is 0.218. The molecular weight excluding hydrogens is 302 g/mol. The number of carbonyl (C=O) groups is 1. The maximum Gasteiger partial charge on any atom is 0.410 e. The summed E-state index contributed by atoms with van der Waals surface area (Å²) in [7, 11) is 1.70. The van der Waals surface area contributed by atoms with Crippen molar-refractivity contribution in [2.75, 3.05) is 18.8 Å². The van der Waals surface area contributed by atoms with Gasteiger partial charge in [0.15, 0.2) is 0 Å². The fourth-order valence-corrected chi connectivity index (χ4v) is 3.60.